The molecule has 2 amide bonds. The highest BCUT2D eigenvalue weighted by molar-refractivity contribution is 6.23. The number of aromatic hydroxyl groups is 1. The summed E-state index contributed by atoms with van der Waals surface area (Å²) in [6.45, 7) is 4.66. The van der Waals surface area contributed by atoms with E-state index in [9.17, 15) is 14.7 Å². The van der Waals surface area contributed by atoms with E-state index in [0.717, 1.165) is 50.3 Å². The average molecular weight is 452 g/mol. The highest BCUT2D eigenvalue weighted by atomic mass is 16.5. The van der Waals surface area contributed by atoms with Gasteiger partial charge in [0.05, 0.1) is 36.6 Å². The van der Waals surface area contributed by atoms with E-state index in [1.54, 1.807) is 19.2 Å². The van der Waals surface area contributed by atoms with E-state index in [-0.39, 0.29) is 23.7 Å². The first-order valence-corrected chi connectivity index (χ1v) is 11.5. The van der Waals surface area contributed by atoms with Crippen molar-refractivity contribution < 1.29 is 24.2 Å². The van der Waals surface area contributed by atoms with Gasteiger partial charge in [-0.05, 0) is 31.0 Å². The molecule has 0 spiro atoms. The number of carbonyl (C=O) groups excluding carboxylic acids is 2. The molecule has 1 N–H and O–H groups in total. The van der Waals surface area contributed by atoms with Gasteiger partial charge in [-0.15, -0.1) is 0 Å². The number of anilines is 1. The van der Waals surface area contributed by atoms with Crippen molar-refractivity contribution in [3.05, 3.63) is 53.1 Å². The van der Waals surface area contributed by atoms with Crippen molar-refractivity contribution in [2.75, 3.05) is 51.3 Å². The summed E-state index contributed by atoms with van der Waals surface area (Å²) in [7, 11) is 1.55. The van der Waals surface area contributed by atoms with Crippen LogP contribution in [0.4, 0.5) is 5.69 Å². The van der Waals surface area contributed by atoms with Gasteiger partial charge >= 0.3 is 0 Å². The molecule has 0 radical (unpaired) electrons. The quantitative estimate of drug-likeness (QED) is 0.676. The molecule has 2 aromatic carbocycles. The van der Waals surface area contributed by atoms with Crippen LogP contribution in [-0.2, 0) is 11.3 Å². The molecule has 8 nitrogen and oxygen atoms in total. The Bertz CT molecular complexity index is 1060. The Labute approximate surface area is 193 Å². The van der Waals surface area contributed by atoms with Crippen molar-refractivity contribution in [1.29, 1.82) is 0 Å². The van der Waals surface area contributed by atoms with E-state index < -0.39 is 0 Å². The molecule has 0 saturated carbocycles. The van der Waals surface area contributed by atoms with Gasteiger partial charge in [-0.1, -0.05) is 18.2 Å². The molecule has 5 rings (SSSR count). The Kier molecular flexibility index (Phi) is 5.95. The highest BCUT2D eigenvalue weighted by Crippen LogP contribution is 2.34. The minimum Gasteiger partial charge on any atom is -0.504 e. The van der Waals surface area contributed by atoms with E-state index in [4.69, 9.17) is 9.47 Å². The zero-order chi connectivity index (χ0) is 22.9. The van der Waals surface area contributed by atoms with Gasteiger partial charge in [-0.2, -0.15) is 0 Å². The lowest BCUT2D eigenvalue weighted by Gasteiger charge is -2.36. The van der Waals surface area contributed by atoms with Gasteiger partial charge in [0.15, 0.2) is 11.5 Å². The van der Waals surface area contributed by atoms with Crippen LogP contribution in [0.1, 0.15) is 39.1 Å². The third kappa shape index (κ3) is 4.05. The second-order valence-electron chi connectivity index (χ2n) is 8.79. The summed E-state index contributed by atoms with van der Waals surface area (Å²) in [5, 5.41) is 10.4. The predicted octanol–water partition coefficient (Wildman–Crippen LogP) is 2.50. The predicted molar refractivity (Wildman–Crippen MR) is 123 cm³/mol. The maximum atomic E-state index is 13.2. The standard InChI is InChI=1S/C25H29N3O5/c1-32-21-9-2-5-17(23(21)29)15-26-10-12-27(13-11-26)20-8-3-7-19-22(20)25(31)28(24(19)30)16-18-6-4-14-33-18/h2-3,5,7-9,18,29H,4,6,10-16H2,1H3. The number of para-hydroxylation sites is 1. The first-order valence-electron chi connectivity index (χ1n) is 11.5. The molecule has 0 bridgehead atoms. The number of benzene rings is 2. The first kappa shape index (κ1) is 21.7. The monoisotopic (exact) mass is 451 g/mol. The number of fused-ring (bicyclic) bond motifs is 1. The van der Waals surface area contributed by atoms with Gasteiger partial charge in [0.25, 0.3) is 11.8 Å². The number of carbonyl (C=O) groups is 2. The van der Waals surface area contributed by atoms with Crippen LogP contribution in [0.3, 0.4) is 0 Å². The summed E-state index contributed by atoms with van der Waals surface area (Å²) >= 11 is 0. The van der Waals surface area contributed by atoms with E-state index >= 15 is 0 Å². The minimum absolute atomic E-state index is 0.0627. The number of piperazine rings is 1. The summed E-state index contributed by atoms with van der Waals surface area (Å²) in [5.74, 6) is 0.213. The lowest BCUT2D eigenvalue weighted by atomic mass is 10.1. The van der Waals surface area contributed by atoms with Crippen LogP contribution < -0.4 is 9.64 Å². The molecule has 2 fully saturated rings. The molecule has 0 aliphatic carbocycles. The van der Waals surface area contributed by atoms with Crippen molar-refractivity contribution in [3.63, 3.8) is 0 Å². The third-order valence-electron chi connectivity index (χ3n) is 6.80. The zero-order valence-electron chi connectivity index (χ0n) is 18.8. The molecule has 3 aliphatic rings. The van der Waals surface area contributed by atoms with Crippen molar-refractivity contribution in [2.45, 2.75) is 25.5 Å². The number of nitrogens with zero attached hydrogens (tertiary/aromatic N) is 3. The topological polar surface area (TPSA) is 82.5 Å². The summed E-state index contributed by atoms with van der Waals surface area (Å²) in [5.41, 5.74) is 2.65. The summed E-state index contributed by atoms with van der Waals surface area (Å²) in [6.07, 6.45) is 1.79. The second-order valence-corrected chi connectivity index (χ2v) is 8.79. The van der Waals surface area contributed by atoms with Crippen molar-refractivity contribution in [1.82, 2.24) is 9.80 Å². The van der Waals surface area contributed by atoms with Crippen molar-refractivity contribution in [3.8, 4) is 11.5 Å². The highest BCUT2D eigenvalue weighted by Gasteiger charge is 2.40. The minimum atomic E-state index is -0.223. The Balaban J connectivity index is 1.28. The molecule has 2 aromatic rings. The number of methoxy groups -OCH3 is 1. The van der Waals surface area contributed by atoms with Crippen LogP contribution in [0.2, 0.25) is 0 Å². The van der Waals surface area contributed by atoms with E-state index in [2.05, 4.69) is 9.80 Å². The Morgan fingerprint density at radius 1 is 1.06 bits per heavy atom. The number of amides is 2. The lowest BCUT2D eigenvalue weighted by molar-refractivity contribution is 0.0475. The Morgan fingerprint density at radius 2 is 1.85 bits per heavy atom. The number of phenolic OH excluding ortho intramolecular Hbond substituents is 1. The number of phenols is 1. The molecular weight excluding hydrogens is 422 g/mol. The molecule has 2 saturated heterocycles. The summed E-state index contributed by atoms with van der Waals surface area (Å²) in [6, 6.07) is 11.1. The fourth-order valence-electron chi connectivity index (χ4n) is 4.98. The number of imide groups is 1. The molecule has 1 atom stereocenters. The van der Waals surface area contributed by atoms with Gasteiger partial charge in [-0.25, -0.2) is 0 Å². The maximum absolute atomic E-state index is 13.2. The fraction of sp³-hybridized carbons (Fsp3) is 0.440. The van der Waals surface area contributed by atoms with Gasteiger partial charge in [0.2, 0.25) is 0 Å². The maximum Gasteiger partial charge on any atom is 0.263 e. The van der Waals surface area contributed by atoms with E-state index in [1.165, 1.54) is 4.90 Å². The lowest BCUT2D eigenvalue weighted by Crippen LogP contribution is -2.46. The number of rotatable bonds is 6. The van der Waals surface area contributed by atoms with Crippen LogP contribution in [0.15, 0.2) is 36.4 Å². The molecule has 8 heteroatoms. The van der Waals surface area contributed by atoms with Gasteiger partial charge in [0, 0.05) is 44.9 Å². The SMILES string of the molecule is COc1cccc(CN2CCN(c3cccc4c3C(=O)N(CC3CCCO3)C4=O)CC2)c1O. The molecular formula is C25H29N3O5. The third-order valence-corrected chi connectivity index (χ3v) is 6.80. The first-order chi connectivity index (χ1) is 16.1. The van der Waals surface area contributed by atoms with Gasteiger partial charge in [-0.3, -0.25) is 19.4 Å². The van der Waals surface area contributed by atoms with Crippen molar-refractivity contribution in [2.24, 2.45) is 0 Å². The molecule has 174 valence electrons. The summed E-state index contributed by atoms with van der Waals surface area (Å²) < 4.78 is 10.9. The number of ether oxygens (including phenoxy) is 2. The number of hydrogen-bond acceptors (Lipinski definition) is 7. The largest absolute Gasteiger partial charge is 0.504 e. The molecule has 33 heavy (non-hydrogen) atoms. The molecule has 1 unspecified atom stereocenters. The van der Waals surface area contributed by atoms with Crippen LogP contribution in [0, 0.1) is 0 Å². The van der Waals surface area contributed by atoms with Crippen molar-refractivity contribution >= 4 is 17.5 Å². The molecule has 3 heterocycles. The molecule has 0 aromatic heterocycles. The number of hydrogen-bond donors (Lipinski definition) is 1. The normalized spacial score (nSPS) is 21.1. The Hall–Kier alpha value is -3.10. The van der Waals surface area contributed by atoms with Gasteiger partial charge in [0.1, 0.15) is 0 Å². The van der Waals surface area contributed by atoms with Crippen LogP contribution >= 0.6 is 0 Å². The summed E-state index contributed by atoms with van der Waals surface area (Å²) in [4.78, 5) is 32.0. The van der Waals surface area contributed by atoms with E-state index in [0.29, 0.717) is 36.6 Å². The molecule has 3 aliphatic heterocycles. The average Bonchev–Trinajstić information content (AvgIpc) is 3.44. The fourth-order valence-corrected chi connectivity index (χ4v) is 4.98. The smallest absolute Gasteiger partial charge is 0.263 e. The van der Waals surface area contributed by atoms with E-state index in [1.807, 2.05) is 24.3 Å². The second kappa shape index (κ2) is 9.03. The Morgan fingerprint density at radius 3 is 2.58 bits per heavy atom. The van der Waals surface area contributed by atoms with Crippen LogP contribution in [-0.4, -0.2) is 79.3 Å². The van der Waals surface area contributed by atoms with Crippen LogP contribution in [0.25, 0.3) is 0 Å². The van der Waals surface area contributed by atoms with Gasteiger partial charge < -0.3 is 19.5 Å². The zero-order valence-corrected chi connectivity index (χ0v) is 18.8. The van der Waals surface area contributed by atoms with Crippen LogP contribution in [0.5, 0.6) is 11.5 Å².